The number of aromatic hydroxyl groups is 2. The Kier molecular flexibility index (Phi) is 12.0. The minimum Gasteiger partial charge on any atom is -0.508 e. The lowest BCUT2D eigenvalue weighted by molar-refractivity contribution is 0.302. The topological polar surface area (TPSA) is 58.9 Å². The van der Waals surface area contributed by atoms with E-state index in [-0.39, 0.29) is 11.5 Å². The van der Waals surface area contributed by atoms with Gasteiger partial charge in [-0.05, 0) is 128 Å². The van der Waals surface area contributed by atoms with Crippen LogP contribution in [0.1, 0.15) is 102 Å². The highest BCUT2D eigenvalue weighted by Crippen LogP contribution is 2.57. The van der Waals surface area contributed by atoms with Gasteiger partial charge in [0.1, 0.15) is 23.0 Å². The Labute approximate surface area is 383 Å². The van der Waals surface area contributed by atoms with Crippen molar-refractivity contribution in [2.45, 2.75) is 68.6 Å². The molecule has 324 valence electrons. The van der Waals surface area contributed by atoms with Crippen LogP contribution in [0.2, 0.25) is 0 Å². The first kappa shape index (κ1) is 41.9. The fourth-order valence-electron chi connectivity index (χ4n) is 10.9. The van der Waals surface area contributed by atoms with Crippen molar-refractivity contribution in [2.75, 3.05) is 13.2 Å². The number of hydrogen-bond acceptors (Lipinski definition) is 4. The number of ether oxygens (including phenoxy) is 2. The number of benzene rings is 8. The van der Waals surface area contributed by atoms with Crippen molar-refractivity contribution in [1.29, 1.82) is 0 Å². The molecule has 65 heavy (non-hydrogen) atoms. The number of unbranched alkanes of at least 4 members (excludes halogenated alkanes) is 8. The van der Waals surface area contributed by atoms with E-state index in [4.69, 9.17) is 9.47 Å². The first-order chi connectivity index (χ1) is 32.1. The summed E-state index contributed by atoms with van der Waals surface area (Å²) in [6.45, 7) is 1.44. The van der Waals surface area contributed by atoms with E-state index < -0.39 is 10.8 Å². The molecule has 0 spiro atoms. The molecular weight excluding hydrogens is 797 g/mol. The molecule has 4 heteroatoms. The molecule has 2 aliphatic rings. The van der Waals surface area contributed by atoms with E-state index >= 15 is 0 Å². The van der Waals surface area contributed by atoms with Crippen molar-refractivity contribution in [3.05, 3.63) is 239 Å². The molecule has 8 aromatic rings. The fraction of sp³-hybridized carbons (Fsp3) is 0.213. The van der Waals surface area contributed by atoms with Crippen LogP contribution < -0.4 is 9.47 Å². The van der Waals surface area contributed by atoms with Crippen LogP contribution in [0.25, 0.3) is 22.3 Å². The van der Waals surface area contributed by atoms with E-state index in [0.29, 0.717) is 0 Å². The molecule has 0 amide bonds. The van der Waals surface area contributed by atoms with Gasteiger partial charge in [0.05, 0.1) is 24.0 Å². The summed E-state index contributed by atoms with van der Waals surface area (Å²) < 4.78 is 12.5. The fourth-order valence-corrected chi connectivity index (χ4v) is 10.9. The van der Waals surface area contributed by atoms with Crippen LogP contribution in [-0.2, 0) is 10.8 Å². The van der Waals surface area contributed by atoms with Crippen molar-refractivity contribution < 1.29 is 19.7 Å². The van der Waals surface area contributed by atoms with Crippen LogP contribution in [0.4, 0.5) is 0 Å². The Bertz CT molecular complexity index is 2570. The van der Waals surface area contributed by atoms with Gasteiger partial charge < -0.3 is 19.7 Å². The molecule has 10 rings (SSSR count). The smallest absolute Gasteiger partial charge is 0.119 e. The van der Waals surface area contributed by atoms with Gasteiger partial charge in [-0.3, -0.25) is 0 Å². The molecule has 4 nitrogen and oxygen atoms in total. The normalized spacial score (nSPS) is 13.7. The summed E-state index contributed by atoms with van der Waals surface area (Å²) in [5.41, 5.74) is 13.7. The second-order valence-electron chi connectivity index (χ2n) is 17.7. The standard InChI is InChI=1S/C61H56O4/c62-48-34-26-44(27-35-48)60(56-22-12-8-18-52(56)53-19-9-13-23-57(53)60)46-30-38-50(39-31-46)64-42-16-6-4-2-1-3-5-7-17-43-65-51-40-32-47(33-41-51)61(45-28-36-49(63)37-29-45)58-24-14-10-20-54(58)55-21-11-15-25-59(55)61/h8-15,18-41,62-63H,1-7,16-17,42-43H2. The molecule has 2 aliphatic carbocycles. The molecule has 0 aromatic heterocycles. The molecule has 0 fully saturated rings. The molecule has 0 unspecified atom stereocenters. The van der Waals surface area contributed by atoms with Crippen molar-refractivity contribution in [1.82, 2.24) is 0 Å². The number of fused-ring (bicyclic) bond motifs is 6. The number of rotatable bonds is 18. The highest BCUT2D eigenvalue weighted by Gasteiger charge is 2.47. The second-order valence-corrected chi connectivity index (χ2v) is 17.7. The van der Waals surface area contributed by atoms with Gasteiger partial charge in [-0.2, -0.15) is 0 Å². The van der Waals surface area contributed by atoms with E-state index in [2.05, 4.69) is 170 Å². The quantitative estimate of drug-likeness (QED) is 0.0844. The summed E-state index contributed by atoms with van der Waals surface area (Å²) in [6.07, 6.45) is 10.7. The van der Waals surface area contributed by atoms with E-state index in [1.807, 2.05) is 0 Å². The van der Waals surface area contributed by atoms with Crippen LogP contribution in [0.5, 0.6) is 23.0 Å². The molecule has 0 saturated carbocycles. The third-order valence-corrected chi connectivity index (χ3v) is 13.9. The summed E-state index contributed by atoms with van der Waals surface area (Å²) in [5.74, 6) is 2.33. The Hall–Kier alpha value is -7.04. The summed E-state index contributed by atoms with van der Waals surface area (Å²) in [5, 5.41) is 20.4. The summed E-state index contributed by atoms with van der Waals surface area (Å²) in [4.78, 5) is 0. The molecular formula is C61H56O4. The second kappa shape index (κ2) is 18.6. The Balaban J connectivity index is 0.660. The molecule has 0 saturated heterocycles. The van der Waals surface area contributed by atoms with Crippen LogP contribution in [0.3, 0.4) is 0 Å². The van der Waals surface area contributed by atoms with E-state index in [0.717, 1.165) is 48.7 Å². The highest BCUT2D eigenvalue weighted by atomic mass is 16.5. The van der Waals surface area contributed by atoms with E-state index in [9.17, 15) is 10.2 Å². The molecule has 0 atom stereocenters. The van der Waals surface area contributed by atoms with Crippen molar-refractivity contribution in [2.24, 2.45) is 0 Å². The van der Waals surface area contributed by atoms with Crippen LogP contribution in [0, 0.1) is 0 Å². The monoisotopic (exact) mass is 852 g/mol. The van der Waals surface area contributed by atoms with Gasteiger partial charge in [-0.15, -0.1) is 0 Å². The van der Waals surface area contributed by atoms with Crippen LogP contribution in [0.15, 0.2) is 194 Å². The first-order valence-corrected chi connectivity index (χ1v) is 23.5. The van der Waals surface area contributed by atoms with Gasteiger partial charge in [0.25, 0.3) is 0 Å². The van der Waals surface area contributed by atoms with Gasteiger partial charge in [0.2, 0.25) is 0 Å². The van der Waals surface area contributed by atoms with Gasteiger partial charge >= 0.3 is 0 Å². The Morgan fingerprint density at radius 2 is 0.523 bits per heavy atom. The van der Waals surface area contributed by atoms with E-state index in [1.165, 1.54) is 101 Å². The minimum atomic E-state index is -0.486. The van der Waals surface area contributed by atoms with Gasteiger partial charge in [0.15, 0.2) is 0 Å². The summed E-state index contributed by atoms with van der Waals surface area (Å²) >= 11 is 0. The average molecular weight is 853 g/mol. The average Bonchev–Trinajstić information content (AvgIpc) is 3.83. The summed E-state index contributed by atoms with van der Waals surface area (Å²) in [6, 6.07) is 67.6. The molecule has 0 radical (unpaired) electrons. The van der Waals surface area contributed by atoms with Crippen LogP contribution >= 0.6 is 0 Å². The first-order valence-electron chi connectivity index (χ1n) is 23.5. The third-order valence-electron chi connectivity index (χ3n) is 13.9. The zero-order valence-electron chi connectivity index (χ0n) is 37.0. The Morgan fingerprint density at radius 1 is 0.277 bits per heavy atom. The number of phenolic OH excluding ortho intramolecular Hbond substituents is 2. The van der Waals surface area contributed by atoms with Gasteiger partial charge in [-0.25, -0.2) is 0 Å². The van der Waals surface area contributed by atoms with Gasteiger partial charge in [0, 0.05) is 0 Å². The lowest BCUT2D eigenvalue weighted by Crippen LogP contribution is -2.28. The molecule has 2 N–H and O–H groups in total. The summed E-state index contributed by atoms with van der Waals surface area (Å²) in [7, 11) is 0. The molecule has 0 bridgehead atoms. The lowest BCUT2D eigenvalue weighted by Gasteiger charge is -2.34. The SMILES string of the molecule is Oc1ccc(C2(c3ccc(OCCCCCCCCCCCOc4ccc(C5(c6ccc(O)cc6)c6ccccc6-c6ccccc65)cc4)cc3)c3ccccc3-c3ccccc32)cc1. The molecule has 0 heterocycles. The predicted molar refractivity (Wildman–Crippen MR) is 263 cm³/mol. The zero-order valence-corrected chi connectivity index (χ0v) is 37.0. The maximum absolute atomic E-state index is 10.2. The van der Waals surface area contributed by atoms with Gasteiger partial charge in [-0.1, -0.05) is 191 Å². The van der Waals surface area contributed by atoms with Crippen LogP contribution in [-0.4, -0.2) is 23.4 Å². The van der Waals surface area contributed by atoms with Crippen molar-refractivity contribution in [3.8, 4) is 45.3 Å². The largest absolute Gasteiger partial charge is 0.508 e. The van der Waals surface area contributed by atoms with Crippen molar-refractivity contribution in [3.63, 3.8) is 0 Å². The Morgan fingerprint density at radius 3 is 0.815 bits per heavy atom. The number of hydrogen-bond donors (Lipinski definition) is 2. The maximum Gasteiger partial charge on any atom is 0.119 e. The third kappa shape index (κ3) is 7.75. The molecule has 0 aliphatic heterocycles. The molecule has 8 aromatic carbocycles. The minimum absolute atomic E-state index is 0.268. The zero-order chi connectivity index (χ0) is 44.1. The van der Waals surface area contributed by atoms with Crippen molar-refractivity contribution >= 4 is 0 Å². The number of phenols is 2. The van der Waals surface area contributed by atoms with E-state index in [1.54, 1.807) is 24.3 Å². The predicted octanol–water partition coefficient (Wildman–Crippen LogP) is 14.8. The lowest BCUT2D eigenvalue weighted by atomic mass is 9.68. The highest BCUT2D eigenvalue weighted by molar-refractivity contribution is 5.87. The maximum atomic E-state index is 10.2.